The molecule has 0 fully saturated rings. The van der Waals surface area contributed by atoms with Crippen LogP contribution in [0.4, 0.5) is 0 Å². The first-order valence-corrected chi connectivity index (χ1v) is 6.16. The van der Waals surface area contributed by atoms with Crippen LogP contribution in [0.5, 0.6) is 0 Å². The van der Waals surface area contributed by atoms with Gasteiger partial charge in [-0.15, -0.1) is 0 Å². The summed E-state index contributed by atoms with van der Waals surface area (Å²) in [6, 6.07) is 0. The maximum absolute atomic E-state index is 10.4. The van der Waals surface area contributed by atoms with Crippen LogP contribution >= 0.6 is 18.2 Å². The maximum atomic E-state index is 10.4. The van der Waals surface area contributed by atoms with Gasteiger partial charge in [0.25, 0.3) is 0 Å². The lowest BCUT2D eigenvalue weighted by molar-refractivity contribution is 0.396. The normalized spacial score (nSPS) is 17.9. The maximum Gasteiger partial charge on any atom is 0.385 e. The molecule has 0 saturated heterocycles. The molecule has 2 unspecified atom stereocenters. The molecule has 7 heteroatoms. The first kappa shape index (κ1) is 11.4. The highest BCUT2D eigenvalue weighted by Crippen LogP contribution is 2.51. The molecular formula is C4H13N2O3PS. The summed E-state index contributed by atoms with van der Waals surface area (Å²) < 4.78 is 10.4. The summed E-state index contributed by atoms with van der Waals surface area (Å²) in [6.45, 7) is -0.628. The van der Waals surface area contributed by atoms with Crippen LogP contribution in [0, 0.1) is 0 Å². The first-order chi connectivity index (χ1) is 4.81. The van der Waals surface area contributed by atoms with Crippen molar-refractivity contribution in [3.8, 4) is 0 Å². The highest BCUT2D eigenvalue weighted by molar-refractivity contribution is 8.54. The van der Waals surface area contributed by atoms with Crippen molar-refractivity contribution < 1.29 is 14.4 Å². The van der Waals surface area contributed by atoms with Gasteiger partial charge >= 0.3 is 6.80 Å². The molecule has 0 radical (unpaired) electrons. The zero-order valence-corrected chi connectivity index (χ0v) is 8.10. The van der Waals surface area contributed by atoms with Gasteiger partial charge in [0.2, 0.25) is 0 Å². The van der Waals surface area contributed by atoms with Crippen LogP contribution < -0.4 is 11.1 Å². The average molecular weight is 200 g/mol. The third-order valence-corrected chi connectivity index (χ3v) is 3.29. The quantitative estimate of drug-likeness (QED) is 0.378. The van der Waals surface area contributed by atoms with Crippen LogP contribution in [-0.4, -0.2) is 21.3 Å². The minimum absolute atomic E-state index is 0.260. The van der Waals surface area contributed by atoms with E-state index in [1.165, 1.54) is 0 Å². The van der Waals surface area contributed by atoms with Crippen molar-refractivity contribution in [2.45, 2.75) is 25.4 Å². The third kappa shape index (κ3) is 8.33. The zero-order valence-electron chi connectivity index (χ0n) is 6.39. The summed E-state index contributed by atoms with van der Waals surface area (Å²) in [4.78, 5) is 17.0. The van der Waals surface area contributed by atoms with Gasteiger partial charge in [-0.25, -0.2) is 4.57 Å². The minimum atomic E-state index is -3.98. The van der Waals surface area contributed by atoms with E-state index in [1.807, 2.05) is 0 Å². The fourth-order valence-electron chi connectivity index (χ4n) is 0.607. The van der Waals surface area contributed by atoms with Gasteiger partial charge in [0.1, 0.15) is 0 Å². The second-order valence-corrected chi connectivity index (χ2v) is 6.15. The Morgan fingerprint density at radius 2 is 2.00 bits per heavy atom. The summed E-state index contributed by atoms with van der Waals surface area (Å²) in [5.74, 6) is 0. The molecular weight excluding hydrogens is 187 g/mol. The molecule has 0 heterocycles. The smallest absolute Gasteiger partial charge is 0.317 e. The van der Waals surface area contributed by atoms with Crippen molar-refractivity contribution in [2.75, 3.05) is 0 Å². The molecule has 0 rings (SSSR count). The van der Waals surface area contributed by atoms with Crippen molar-refractivity contribution >= 4 is 18.2 Å². The van der Waals surface area contributed by atoms with Gasteiger partial charge in [-0.2, -0.15) is 0 Å². The van der Waals surface area contributed by atoms with Crippen LogP contribution in [0.25, 0.3) is 0 Å². The van der Waals surface area contributed by atoms with E-state index in [2.05, 4.69) is 5.32 Å². The van der Waals surface area contributed by atoms with Crippen molar-refractivity contribution in [1.82, 2.24) is 5.32 Å². The predicted octanol–water partition coefficient (Wildman–Crippen LogP) is 0.0526. The SMILES string of the molecule is CC(N)NC(C)SP(=O)(O)O. The molecule has 0 aromatic heterocycles. The first-order valence-electron chi connectivity index (χ1n) is 3.07. The second kappa shape index (κ2) is 4.45. The summed E-state index contributed by atoms with van der Waals surface area (Å²) in [7, 11) is 0. The monoisotopic (exact) mass is 200 g/mol. The van der Waals surface area contributed by atoms with Gasteiger partial charge in [0.05, 0.1) is 11.5 Å². The summed E-state index contributed by atoms with van der Waals surface area (Å²) in [6.07, 6.45) is -0.260. The van der Waals surface area contributed by atoms with E-state index in [9.17, 15) is 4.57 Å². The molecule has 0 saturated carbocycles. The van der Waals surface area contributed by atoms with E-state index in [1.54, 1.807) is 13.8 Å². The lowest BCUT2D eigenvalue weighted by Crippen LogP contribution is -2.38. The largest absolute Gasteiger partial charge is 0.385 e. The number of nitrogens with two attached hydrogens (primary N) is 1. The van der Waals surface area contributed by atoms with Crippen LogP contribution in [0.3, 0.4) is 0 Å². The Morgan fingerprint density at radius 3 is 2.27 bits per heavy atom. The van der Waals surface area contributed by atoms with E-state index in [4.69, 9.17) is 15.5 Å². The molecule has 68 valence electrons. The van der Waals surface area contributed by atoms with Crippen molar-refractivity contribution in [3.05, 3.63) is 0 Å². The van der Waals surface area contributed by atoms with Gasteiger partial charge in [-0.3, -0.25) is 5.32 Å². The summed E-state index contributed by atoms with van der Waals surface area (Å²) in [5.41, 5.74) is 5.33. The van der Waals surface area contributed by atoms with Crippen LogP contribution in [0.1, 0.15) is 13.8 Å². The predicted molar refractivity (Wildman–Crippen MR) is 45.9 cm³/mol. The van der Waals surface area contributed by atoms with Crippen LogP contribution in [-0.2, 0) is 4.57 Å². The van der Waals surface area contributed by atoms with Gasteiger partial charge in [0, 0.05) is 0 Å². The standard InChI is InChI=1S/C4H13N2O3PS/c1-3(5)6-4(2)11-10(7,8)9/h3-4,6H,5H2,1-2H3,(H2,7,8,9). The van der Waals surface area contributed by atoms with E-state index < -0.39 is 6.80 Å². The number of rotatable bonds is 4. The minimum Gasteiger partial charge on any atom is -0.317 e. The zero-order chi connectivity index (χ0) is 9.07. The molecule has 5 N–H and O–H groups in total. The molecule has 2 atom stereocenters. The molecule has 0 aromatic carbocycles. The Morgan fingerprint density at radius 1 is 1.55 bits per heavy atom. The molecule has 0 aliphatic carbocycles. The second-order valence-electron chi connectivity index (χ2n) is 2.19. The number of hydrogen-bond donors (Lipinski definition) is 4. The van der Waals surface area contributed by atoms with Crippen molar-refractivity contribution in [3.63, 3.8) is 0 Å². The summed E-state index contributed by atoms with van der Waals surface area (Å²) >= 11 is 0.561. The average Bonchev–Trinajstić information content (AvgIpc) is 1.53. The number of hydrogen-bond acceptors (Lipinski definition) is 4. The van der Waals surface area contributed by atoms with Crippen LogP contribution in [0.2, 0.25) is 0 Å². The molecule has 5 nitrogen and oxygen atoms in total. The molecule has 11 heavy (non-hydrogen) atoms. The van der Waals surface area contributed by atoms with Gasteiger partial charge in [-0.05, 0) is 25.2 Å². The Kier molecular flexibility index (Phi) is 4.62. The fraction of sp³-hybridized carbons (Fsp3) is 1.00. The van der Waals surface area contributed by atoms with Crippen molar-refractivity contribution in [1.29, 1.82) is 0 Å². The molecule has 0 bridgehead atoms. The highest BCUT2D eigenvalue weighted by Gasteiger charge is 2.18. The fourth-order valence-corrected chi connectivity index (χ4v) is 2.71. The molecule has 0 aliphatic heterocycles. The van der Waals surface area contributed by atoms with E-state index >= 15 is 0 Å². The Bertz CT molecular complexity index is 159. The Labute approximate surface area is 69.6 Å². The van der Waals surface area contributed by atoms with E-state index in [0.29, 0.717) is 11.4 Å². The molecule has 0 amide bonds. The summed E-state index contributed by atoms with van der Waals surface area (Å²) in [5, 5.41) is 2.41. The highest BCUT2D eigenvalue weighted by atomic mass is 32.7. The number of nitrogens with one attached hydrogen (secondary N) is 1. The lowest BCUT2D eigenvalue weighted by atomic mass is 10.6. The lowest BCUT2D eigenvalue weighted by Gasteiger charge is -2.15. The molecule has 0 aliphatic rings. The van der Waals surface area contributed by atoms with Crippen molar-refractivity contribution in [2.24, 2.45) is 5.73 Å². The van der Waals surface area contributed by atoms with E-state index in [0.717, 1.165) is 0 Å². The van der Waals surface area contributed by atoms with Gasteiger partial charge < -0.3 is 15.5 Å². The molecule has 0 aromatic rings. The van der Waals surface area contributed by atoms with Crippen LogP contribution in [0.15, 0.2) is 0 Å². The third-order valence-electron chi connectivity index (χ3n) is 0.793. The Hall–Kier alpha value is 0.420. The van der Waals surface area contributed by atoms with Gasteiger partial charge in [-0.1, -0.05) is 0 Å². The molecule has 0 spiro atoms. The van der Waals surface area contributed by atoms with Gasteiger partial charge in [0.15, 0.2) is 0 Å². The topological polar surface area (TPSA) is 95.6 Å². The van der Waals surface area contributed by atoms with E-state index in [-0.39, 0.29) is 11.5 Å². The Balaban J connectivity index is 3.70.